The lowest BCUT2D eigenvalue weighted by Crippen LogP contribution is -2.14. The van der Waals surface area contributed by atoms with Crippen LogP contribution in [0.25, 0.3) is 28.5 Å². The molecular weight excluding hydrogens is 494 g/mol. The second kappa shape index (κ2) is 10.8. The maximum atomic E-state index is 12.7. The molecule has 8 nitrogen and oxygen atoms in total. The Hall–Kier alpha value is -3.89. The predicted molar refractivity (Wildman–Crippen MR) is 142 cm³/mol. The Kier molecular flexibility index (Phi) is 7.15. The zero-order valence-electron chi connectivity index (χ0n) is 19.7. The minimum Gasteiger partial charge on any atom is -0.494 e. The van der Waals surface area contributed by atoms with Crippen LogP contribution in [-0.4, -0.2) is 38.0 Å². The van der Waals surface area contributed by atoms with Crippen molar-refractivity contribution < 1.29 is 13.9 Å². The number of aromatic nitrogens is 4. The molecule has 0 bridgehead atoms. The van der Waals surface area contributed by atoms with Gasteiger partial charge in [-0.2, -0.15) is 0 Å². The maximum absolute atomic E-state index is 12.7. The summed E-state index contributed by atoms with van der Waals surface area (Å²) < 4.78 is 12.9. The minimum atomic E-state index is -0.175. The first-order valence-corrected chi connectivity index (χ1v) is 13.1. The number of amides is 1. The normalized spacial score (nSPS) is 10.9. The maximum Gasteiger partial charge on any atom is 0.236 e. The highest BCUT2D eigenvalue weighted by atomic mass is 32.2. The van der Waals surface area contributed by atoms with Crippen molar-refractivity contribution in [3.8, 4) is 34.3 Å². The van der Waals surface area contributed by atoms with Gasteiger partial charge in [0.05, 0.1) is 24.3 Å². The quantitative estimate of drug-likeness (QED) is 0.236. The Labute approximate surface area is 216 Å². The molecule has 0 unspecified atom stereocenters. The summed E-state index contributed by atoms with van der Waals surface area (Å²) >= 11 is 2.68. The molecule has 1 amide bonds. The Morgan fingerprint density at radius 3 is 2.64 bits per heavy atom. The molecule has 182 valence electrons. The summed E-state index contributed by atoms with van der Waals surface area (Å²) in [5.41, 5.74) is 3.79. The van der Waals surface area contributed by atoms with Crippen molar-refractivity contribution in [2.45, 2.75) is 19.0 Å². The average molecular weight is 518 g/mol. The minimum absolute atomic E-state index is 0.153. The molecule has 10 heteroatoms. The lowest BCUT2D eigenvalue weighted by molar-refractivity contribution is -0.113. The van der Waals surface area contributed by atoms with Crippen molar-refractivity contribution in [3.05, 3.63) is 77.9 Å². The first-order chi connectivity index (χ1) is 17.6. The number of aryl methyl sites for hydroxylation is 1. The van der Waals surface area contributed by atoms with Crippen LogP contribution in [0.15, 0.2) is 81.9 Å². The third-order valence-corrected chi connectivity index (χ3v) is 6.90. The van der Waals surface area contributed by atoms with E-state index in [4.69, 9.17) is 9.15 Å². The number of ether oxygens (including phenoxy) is 1. The lowest BCUT2D eigenvalue weighted by atomic mass is 10.2. The SMILES string of the molecule is CCOc1ccc(-c2csc(NC(=O)CSc3nnc(-c4ccco4)n3-c3ccc(C)cc3)n2)cc1. The Morgan fingerprint density at radius 2 is 1.92 bits per heavy atom. The lowest BCUT2D eigenvalue weighted by Gasteiger charge is -2.09. The van der Waals surface area contributed by atoms with Crippen molar-refractivity contribution in [1.29, 1.82) is 0 Å². The first kappa shape index (κ1) is 23.8. The number of carbonyl (C=O) groups is 1. The highest BCUT2D eigenvalue weighted by Gasteiger charge is 2.19. The Balaban J connectivity index is 1.28. The zero-order chi connectivity index (χ0) is 24.9. The van der Waals surface area contributed by atoms with Crippen LogP contribution in [0.1, 0.15) is 12.5 Å². The number of thiazole rings is 1. The smallest absolute Gasteiger partial charge is 0.236 e. The van der Waals surface area contributed by atoms with E-state index >= 15 is 0 Å². The van der Waals surface area contributed by atoms with Crippen molar-refractivity contribution in [2.75, 3.05) is 17.7 Å². The van der Waals surface area contributed by atoms with Gasteiger partial charge in [0.25, 0.3) is 0 Å². The number of nitrogens with zero attached hydrogens (tertiary/aromatic N) is 4. The summed E-state index contributed by atoms with van der Waals surface area (Å²) in [6.45, 7) is 4.60. The van der Waals surface area contributed by atoms with E-state index in [1.54, 1.807) is 12.3 Å². The predicted octanol–water partition coefficient (Wildman–Crippen LogP) is 6.09. The third-order valence-electron chi connectivity index (χ3n) is 5.21. The zero-order valence-corrected chi connectivity index (χ0v) is 21.3. The highest BCUT2D eigenvalue weighted by Crippen LogP contribution is 2.29. The molecule has 1 N–H and O–H groups in total. The van der Waals surface area contributed by atoms with E-state index in [0.717, 1.165) is 28.3 Å². The van der Waals surface area contributed by atoms with Crippen molar-refractivity contribution in [1.82, 2.24) is 19.7 Å². The summed E-state index contributed by atoms with van der Waals surface area (Å²) in [6, 6.07) is 19.4. The van der Waals surface area contributed by atoms with E-state index in [1.807, 2.05) is 78.4 Å². The number of nitrogens with one attached hydrogen (secondary N) is 1. The van der Waals surface area contributed by atoms with E-state index in [9.17, 15) is 4.79 Å². The molecule has 0 aliphatic heterocycles. The number of hydrogen-bond donors (Lipinski definition) is 1. The van der Waals surface area contributed by atoms with Crippen molar-refractivity contribution >= 4 is 34.1 Å². The fourth-order valence-corrected chi connectivity index (χ4v) is 4.98. The van der Waals surface area contributed by atoms with Gasteiger partial charge in [0.15, 0.2) is 16.0 Å². The average Bonchev–Trinajstić information content (AvgIpc) is 3.65. The van der Waals surface area contributed by atoms with Gasteiger partial charge in [-0.05, 0) is 62.4 Å². The fourth-order valence-electron chi connectivity index (χ4n) is 3.49. The molecule has 2 aromatic carbocycles. The molecule has 0 fully saturated rings. The molecule has 5 aromatic rings. The van der Waals surface area contributed by atoms with Gasteiger partial charge in [0, 0.05) is 16.6 Å². The fraction of sp³-hybridized carbons (Fsp3) is 0.154. The van der Waals surface area contributed by atoms with Crippen LogP contribution in [-0.2, 0) is 4.79 Å². The van der Waals surface area contributed by atoms with Crippen LogP contribution in [0.3, 0.4) is 0 Å². The highest BCUT2D eigenvalue weighted by molar-refractivity contribution is 7.99. The summed E-state index contributed by atoms with van der Waals surface area (Å²) in [5.74, 6) is 1.97. The van der Waals surface area contributed by atoms with Crippen LogP contribution < -0.4 is 10.1 Å². The number of hydrogen-bond acceptors (Lipinski definition) is 8. The van der Waals surface area contributed by atoms with E-state index < -0.39 is 0 Å². The van der Waals surface area contributed by atoms with Gasteiger partial charge in [0.1, 0.15) is 5.75 Å². The van der Waals surface area contributed by atoms with E-state index in [-0.39, 0.29) is 11.7 Å². The van der Waals surface area contributed by atoms with Gasteiger partial charge in [-0.1, -0.05) is 29.5 Å². The van der Waals surface area contributed by atoms with Gasteiger partial charge in [0.2, 0.25) is 11.7 Å². The third kappa shape index (κ3) is 5.34. The first-order valence-electron chi connectivity index (χ1n) is 11.3. The largest absolute Gasteiger partial charge is 0.494 e. The number of benzene rings is 2. The second-order valence-corrected chi connectivity index (χ2v) is 9.59. The molecular formula is C26H23N5O3S2. The Bertz CT molecular complexity index is 1440. The number of rotatable bonds is 9. The van der Waals surface area contributed by atoms with Gasteiger partial charge in [-0.3, -0.25) is 9.36 Å². The van der Waals surface area contributed by atoms with Gasteiger partial charge < -0.3 is 14.5 Å². The molecule has 0 radical (unpaired) electrons. The van der Waals surface area contributed by atoms with Gasteiger partial charge in [-0.15, -0.1) is 21.5 Å². The molecule has 0 saturated carbocycles. The molecule has 3 heterocycles. The molecule has 5 rings (SSSR count). The van der Waals surface area contributed by atoms with Crippen LogP contribution in [0.5, 0.6) is 5.75 Å². The van der Waals surface area contributed by atoms with Crippen LogP contribution >= 0.6 is 23.1 Å². The summed E-state index contributed by atoms with van der Waals surface area (Å²) in [4.78, 5) is 17.3. The topological polar surface area (TPSA) is 95.1 Å². The molecule has 3 aromatic heterocycles. The summed E-state index contributed by atoms with van der Waals surface area (Å²) in [7, 11) is 0. The number of thioether (sulfide) groups is 1. The number of anilines is 1. The van der Waals surface area contributed by atoms with Gasteiger partial charge in [-0.25, -0.2) is 4.98 Å². The van der Waals surface area contributed by atoms with Crippen molar-refractivity contribution in [2.24, 2.45) is 0 Å². The van der Waals surface area contributed by atoms with Crippen LogP contribution in [0.2, 0.25) is 0 Å². The molecule has 0 atom stereocenters. The summed E-state index contributed by atoms with van der Waals surface area (Å²) in [5, 5.41) is 14.6. The number of furan rings is 1. The molecule has 36 heavy (non-hydrogen) atoms. The van der Waals surface area contributed by atoms with E-state index in [2.05, 4.69) is 20.5 Å². The molecule has 0 spiro atoms. The van der Waals surface area contributed by atoms with Crippen LogP contribution in [0, 0.1) is 6.92 Å². The number of carbonyl (C=O) groups excluding carboxylic acids is 1. The van der Waals surface area contributed by atoms with E-state index in [0.29, 0.717) is 28.5 Å². The molecule has 0 aliphatic carbocycles. The summed E-state index contributed by atoms with van der Waals surface area (Å²) in [6.07, 6.45) is 1.60. The van der Waals surface area contributed by atoms with Crippen molar-refractivity contribution in [3.63, 3.8) is 0 Å². The van der Waals surface area contributed by atoms with Crippen LogP contribution in [0.4, 0.5) is 5.13 Å². The monoisotopic (exact) mass is 517 g/mol. The Morgan fingerprint density at radius 1 is 1.11 bits per heavy atom. The standard InChI is InChI=1S/C26H23N5O3S2/c1-3-33-20-12-8-18(9-13-20)21-15-35-25(27-21)28-23(32)16-36-26-30-29-24(22-5-4-14-34-22)31(26)19-10-6-17(2)7-11-19/h4-15H,3,16H2,1-2H3,(H,27,28,32). The van der Waals surface area contributed by atoms with E-state index in [1.165, 1.54) is 23.1 Å². The van der Waals surface area contributed by atoms with Gasteiger partial charge >= 0.3 is 0 Å². The molecule has 0 saturated heterocycles. The molecule has 0 aliphatic rings. The second-order valence-electron chi connectivity index (χ2n) is 7.79.